The number of rotatable bonds is 6. The number of H-pyrrole nitrogens is 1. The maximum absolute atomic E-state index is 11.4. The number of aryl methyl sites for hydroxylation is 1. The number of aromatic amines is 1. The normalized spacial score (nSPS) is 14.4. The number of benzene rings is 2. The molecule has 1 fully saturated rings. The van der Waals surface area contributed by atoms with Gasteiger partial charge in [0.25, 0.3) is 0 Å². The number of methoxy groups -OCH3 is 1. The van der Waals surface area contributed by atoms with Crippen LogP contribution in [0.5, 0.6) is 11.8 Å². The lowest BCUT2D eigenvalue weighted by molar-refractivity contribution is 0.0695. The van der Waals surface area contributed by atoms with Gasteiger partial charge in [0.05, 0.1) is 27.9 Å². The summed E-state index contributed by atoms with van der Waals surface area (Å²) in [5, 5.41) is 9.83. The van der Waals surface area contributed by atoms with Gasteiger partial charge < -0.3 is 24.5 Å². The van der Waals surface area contributed by atoms with Crippen LogP contribution in [0.3, 0.4) is 0 Å². The Bertz CT molecular complexity index is 1380. The molecule has 0 spiro atoms. The quantitative estimate of drug-likeness (QED) is 0.356. The number of imidazole rings is 1. The first-order valence-electron chi connectivity index (χ1n) is 11.4. The number of carbonyl (C=O) groups is 1. The number of hydrogen-bond donors (Lipinski definition) is 2. The number of ether oxygens (including phenoxy) is 2. The number of carboxylic acid groups (broad SMARTS) is 1. The Morgan fingerprint density at radius 3 is 2.54 bits per heavy atom. The molecule has 35 heavy (non-hydrogen) atoms. The summed E-state index contributed by atoms with van der Waals surface area (Å²) in [6, 6.07) is 15.0. The minimum absolute atomic E-state index is 0.175. The predicted molar refractivity (Wildman–Crippen MR) is 135 cm³/mol. The van der Waals surface area contributed by atoms with Crippen LogP contribution < -0.4 is 9.64 Å². The fourth-order valence-electron chi connectivity index (χ4n) is 4.33. The Hall–Kier alpha value is -3.62. The molecule has 180 valence electrons. The van der Waals surface area contributed by atoms with Gasteiger partial charge in [-0.1, -0.05) is 29.8 Å². The summed E-state index contributed by atoms with van der Waals surface area (Å²) in [6.07, 6.45) is 2.38. The molecule has 0 aliphatic carbocycles. The van der Waals surface area contributed by atoms with Crippen LogP contribution in [-0.4, -0.2) is 52.3 Å². The van der Waals surface area contributed by atoms with E-state index < -0.39 is 5.97 Å². The minimum atomic E-state index is -1.01. The van der Waals surface area contributed by atoms with Crippen LogP contribution in [0.15, 0.2) is 48.5 Å². The number of nitrogens with one attached hydrogen (secondary N) is 1. The van der Waals surface area contributed by atoms with Crippen molar-refractivity contribution in [1.82, 2.24) is 15.0 Å². The molecular formula is C26H25ClN4O4. The molecule has 9 heteroatoms. The van der Waals surface area contributed by atoms with E-state index in [1.807, 2.05) is 12.1 Å². The molecule has 0 saturated carbocycles. The molecule has 0 bridgehead atoms. The van der Waals surface area contributed by atoms with E-state index in [2.05, 4.69) is 32.0 Å². The third-order valence-corrected chi connectivity index (χ3v) is 6.63. The third-order valence-electron chi connectivity index (χ3n) is 6.34. The zero-order valence-corrected chi connectivity index (χ0v) is 20.2. The summed E-state index contributed by atoms with van der Waals surface area (Å²) in [7, 11) is 1.77. The Kier molecular flexibility index (Phi) is 6.32. The lowest BCUT2D eigenvalue weighted by atomic mass is 10.1. The second kappa shape index (κ2) is 9.56. The molecule has 0 atom stereocenters. The van der Waals surface area contributed by atoms with E-state index in [0.29, 0.717) is 39.3 Å². The van der Waals surface area contributed by atoms with E-state index >= 15 is 0 Å². The van der Waals surface area contributed by atoms with Crippen LogP contribution in [0.1, 0.15) is 28.8 Å². The van der Waals surface area contributed by atoms with Crippen LogP contribution >= 0.6 is 11.6 Å². The Balaban J connectivity index is 1.37. The number of carboxylic acids is 1. The SMILES string of the molecule is COC1CCN(c2ccc(-c3nc4nc(Oc5ccc(C)c(C(=O)O)c5)[nH]c4cc3Cl)cc2)CC1. The van der Waals surface area contributed by atoms with E-state index in [4.69, 9.17) is 21.1 Å². The van der Waals surface area contributed by atoms with Crippen LogP contribution in [-0.2, 0) is 4.74 Å². The van der Waals surface area contributed by atoms with Crippen LogP contribution in [0, 0.1) is 6.92 Å². The zero-order chi connectivity index (χ0) is 24.5. The van der Waals surface area contributed by atoms with E-state index in [1.54, 1.807) is 32.2 Å². The van der Waals surface area contributed by atoms with Gasteiger partial charge in [0.15, 0.2) is 5.65 Å². The molecule has 0 radical (unpaired) electrons. The molecule has 2 aromatic carbocycles. The Morgan fingerprint density at radius 1 is 1.11 bits per heavy atom. The van der Waals surface area contributed by atoms with Crippen molar-refractivity contribution in [3.05, 3.63) is 64.7 Å². The molecule has 1 aliphatic heterocycles. The first-order chi connectivity index (χ1) is 16.9. The van der Waals surface area contributed by atoms with Crippen molar-refractivity contribution in [2.24, 2.45) is 0 Å². The van der Waals surface area contributed by atoms with E-state index in [-0.39, 0.29) is 11.6 Å². The molecule has 0 unspecified atom stereocenters. The van der Waals surface area contributed by atoms with Crippen molar-refractivity contribution >= 4 is 34.4 Å². The summed E-state index contributed by atoms with van der Waals surface area (Å²) >= 11 is 6.56. The van der Waals surface area contributed by atoms with Crippen molar-refractivity contribution in [1.29, 1.82) is 0 Å². The Morgan fingerprint density at radius 2 is 1.86 bits per heavy atom. The highest BCUT2D eigenvalue weighted by atomic mass is 35.5. The van der Waals surface area contributed by atoms with Crippen molar-refractivity contribution in [2.45, 2.75) is 25.9 Å². The van der Waals surface area contributed by atoms with Crippen molar-refractivity contribution in [2.75, 3.05) is 25.1 Å². The molecule has 1 saturated heterocycles. The van der Waals surface area contributed by atoms with E-state index in [1.165, 1.54) is 6.07 Å². The zero-order valence-electron chi connectivity index (χ0n) is 19.4. The number of hydrogen-bond acceptors (Lipinski definition) is 6. The van der Waals surface area contributed by atoms with Crippen LogP contribution in [0.2, 0.25) is 5.02 Å². The average Bonchev–Trinajstić information content (AvgIpc) is 3.25. The predicted octanol–water partition coefficient (Wildman–Crippen LogP) is 5.69. The number of halogens is 1. The summed E-state index contributed by atoms with van der Waals surface area (Å²) in [5.41, 5.74) is 4.59. The van der Waals surface area contributed by atoms with Crippen molar-refractivity contribution in [3.8, 4) is 23.0 Å². The first kappa shape index (κ1) is 23.1. The van der Waals surface area contributed by atoms with E-state index in [9.17, 15) is 9.90 Å². The number of nitrogens with zero attached hydrogens (tertiary/aromatic N) is 3. The van der Waals surface area contributed by atoms with Gasteiger partial charge in [0.2, 0.25) is 0 Å². The van der Waals surface area contributed by atoms with Gasteiger partial charge in [-0.05, 0) is 55.7 Å². The highest BCUT2D eigenvalue weighted by molar-refractivity contribution is 6.33. The maximum Gasteiger partial charge on any atom is 0.336 e. The number of anilines is 1. The van der Waals surface area contributed by atoms with Crippen molar-refractivity contribution in [3.63, 3.8) is 0 Å². The number of piperidine rings is 1. The first-order valence-corrected chi connectivity index (χ1v) is 11.8. The van der Waals surface area contributed by atoms with Crippen LogP contribution in [0.4, 0.5) is 5.69 Å². The number of fused-ring (bicyclic) bond motifs is 1. The molecule has 2 aromatic heterocycles. The van der Waals surface area contributed by atoms with Crippen molar-refractivity contribution < 1.29 is 19.4 Å². The topological polar surface area (TPSA) is 101 Å². The lowest BCUT2D eigenvalue weighted by Gasteiger charge is -2.33. The average molecular weight is 493 g/mol. The summed E-state index contributed by atoms with van der Waals surface area (Å²) < 4.78 is 11.2. The van der Waals surface area contributed by atoms with Crippen LogP contribution in [0.25, 0.3) is 22.4 Å². The third kappa shape index (κ3) is 4.80. The highest BCUT2D eigenvalue weighted by Gasteiger charge is 2.19. The number of aromatic carboxylic acids is 1. The molecule has 0 amide bonds. The summed E-state index contributed by atoms with van der Waals surface area (Å²) in [4.78, 5) is 25.9. The molecule has 1 aliphatic rings. The fraction of sp³-hybridized carbons (Fsp3) is 0.269. The highest BCUT2D eigenvalue weighted by Crippen LogP contribution is 2.32. The monoisotopic (exact) mass is 492 g/mol. The standard InChI is InChI=1S/C26H25ClN4O4/c1-15-3-8-19(13-20(15)25(32)33)35-26-28-22-14-21(27)23(29-24(22)30-26)16-4-6-17(7-5-16)31-11-9-18(34-2)10-12-31/h3-8,13-14,18H,9-12H2,1-2H3,(H,32,33)(H,28,29,30). The van der Waals surface area contributed by atoms with Gasteiger partial charge in [-0.2, -0.15) is 4.98 Å². The molecule has 8 nitrogen and oxygen atoms in total. The maximum atomic E-state index is 11.4. The summed E-state index contributed by atoms with van der Waals surface area (Å²) in [5.74, 6) is -0.648. The van der Waals surface area contributed by atoms with Gasteiger partial charge in [-0.15, -0.1) is 0 Å². The second-order valence-electron chi connectivity index (χ2n) is 8.58. The van der Waals surface area contributed by atoms with Gasteiger partial charge in [-0.3, -0.25) is 0 Å². The molecular weight excluding hydrogens is 468 g/mol. The lowest BCUT2D eigenvalue weighted by Crippen LogP contribution is -2.36. The molecule has 3 heterocycles. The van der Waals surface area contributed by atoms with E-state index in [0.717, 1.165) is 37.2 Å². The number of aromatic nitrogens is 3. The number of pyridine rings is 1. The molecule has 5 rings (SSSR count). The Labute approximate surface area is 207 Å². The van der Waals surface area contributed by atoms with Gasteiger partial charge >= 0.3 is 12.0 Å². The van der Waals surface area contributed by atoms with Gasteiger partial charge in [0.1, 0.15) is 5.75 Å². The smallest absolute Gasteiger partial charge is 0.336 e. The minimum Gasteiger partial charge on any atom is -0.478 e. The second-order valence-corrected chi connectivity index (χ2v) is 8.99. The fourth-order valence-corrected chi connectivity index (χ4v) is 4.59. The summed E-state index contributed by atoms with van der Waals surface area (Å²) in [6.45, 7) is 3.67. The van der Waals surface area contributed by atoms with Gasteiger partial charge in [0, 0.05) is 31.5 Å². The molecule has 2 N–H and O–H groups in total. The molecule has 4 aromatic rings. The van der Waals surface area contributed by atoms with Gasteiger partial charge in [-0.25, -0.2) is 9.78 Å². The largest absolute Gasteiger partial charge is 0.478 e.